The molecule has 2 N–H and O–H groups in total. The molecule has 2 bridgehead atoms. The van der Waals surface area contributed by atoms with Gasteiger partial charge in [-0.3, -0.25) is 9.59 Å². The first-order valence-electron chi connectivity index (χ1n) is 12.3. The highest BCUT2D eigenvalue weighted by Crippen LogP contribution is 2.72. The highest BCUT2D eigenvalue weighted by atomic mass is 35.5. The number of likely N-dealkylation sites (tertiary alicyclic amines) is 1. The number of hydrogen-bond acceptors (Lipinski definition) is 3. The molecule has 4 aliphatic rings. The molecule has 1 spiro atoms. The number of carbonyl (C=O) groups excluding carboxylic acids is 2. The lowest BCUT2D eigenvalue weighted by molar-refractivity contribution is -0.135. The first-order valence-corrected chi connectivity index (χ1v) is 12.7. The lowest BCUT2D eigenvalue weighted by Crippen LogP contribution is -2.44. The Kier molecular flexibility index (Phi) is 6.31. The number of halogens is 1. The van der Waals surface area contributed by atoms with Crippen LogP contribution in [0.2, 0.25) is 5.02 Å². The number of hydrogen-bond donors (Lipinski definition) is 2. The zero-order chi connectivity index (χ0) is 22.1. The van der Waals surface area contributed by atoms with E-state index in [4.69, 9.17) is 11.6 Å². The van der Waals surface area contributed by atoms with Gasteiger partial charge in [0.25, 0.3) is 0 Å². The van der Waals surface area contributed by atoms with Crippen molar-refractivity contribution in [3.05, 3.63) is 47.0 Å². The fraction of sp³-hybridized carbons (Fsp3) is 0.615. The standard InChI is InChI=1S/C26H34ClN3O2/c27-19-7-5-18(6-8-19)17-29-25(32)23-21-10-9-20(26(21)11-12-26)22(23)24(31)28-13-1-2-14-30-15-3-4-16-30/h5-10,20-23H,1-4,11-17H2,(H,28,31)(H,29,32)/t20-,21+,22-,23-/m1/s1. The zero-order valence-corrected chi connectivity index (χ0v) is 19.4. The third kappa shape index (κ3) is 4.22. The van der Waals surface area contributed by atoms with E-state index in [9.17, 15) is 9.59 Å². The lowest BCUT2D eigenvalue weighted by atomic mass is 9.81. The summed E-state index contributed by atoms with van der Waals surface area (Å²) in [4.78, 5) is 29.0. The molecular formula is C26H34ClN3O2. The second kappa shape index (κ2) is 9.18. The van der Waals surface area contributed by atoms with Gasteiger partial charge in [0.05, 0.1) is 11.8 Å². The molecule has 0 aromatic heterocycles. The molecule has 2 saturated carbocycles. The van der Waals surface area contributed by atoms with Gasteiger partial charge in [-0.25, -0.2) is 0 Å². The highest BCUT2D eigenvalue weighted by Gasteiger charge is 2.69. The number of benzene rings is 1. The average molecular weight is 456 g/mol. The van der Waals surface area contributed by atoms with Gasteiger partial charge in [-0.1, -0.05) is 35.9 Å². The van der Waals surface area contributed by atoms with Gasteiger partial charge in [0, 0.05) is 18.1 Å². The topological polar surface area (TPSA) is 61.4 Å². The highest BCUT2D eigenvalue weighted by molar-refractivity contribution is 6.30. The van der Waals surface area contributed by atoms with Gasteiger partial charge in [0.15, 0.2) is 0 Å². The van der Waals surface area contributed by atoms with Gasteiger partial charge in [-0.15, -0.1) is 0 Å². The summed E-state index contributed by atoms with van der Waals surface area (Å²) < 4.78 is 0. The smallest absolute Gasteiger partial charge is 0.224 e. The van der Waals surface area contributed by atoms with E-state index in [2.05, 4.69) is 27.7 Å². The summed E-state index contributed by atoms with van der Waals surface area (Å²) in [5, 5.41) is 6.97. The molecule has 2 amide bonds. The predicted octanol–water partition coefficient (Wildman–Crippen LogP) is 3.78. The van der Waals surface area contributed by atoms with Gasteiger partial charge in [-0.05, 0) is 93.1 Å². The first kappa shape index (κ1) is 22.0. The molecule has 1 heterocycles. The van der Waals surface area contributed by atoms with Crippen LogP contribution in [0.15, 0.2) is 36.4 Å². The Hall–Kier alpha value is -1.85. The minimum Gasteiger partial charge on any atom is -0.356 e. The van der Waals surface area contributed by atoms with Crippen molar-refractivity contribution in [2.24, 2.45) is 29.1 Å². The number of nitrogens with zero attached hydrogens (tertiary/aromatic N) is 1. The van der Waals surface area contributed by atoms with E-state index in [1.165, 1.54) is 25.9 Å². The minimum absolute atomic E-state index is 0.0114. The minimum atomic E-state index is -0.260. The van der Waals surface area contributed by atoms with Gasteiger partial charge in [-0.2, -0.15) is 0 Å². The van der Waals surface area contributed by atoms with Crippen LogP contribution in [0, 0.1) is 29.1 Å². The maximum atomic E-state index is 13.3. The molecule has 4 atom stereocenters. The third-order valence-corrected chi connectivity index (χ3v) is 8.48. The Labute approximate surface area is 196 Å². The summed E-state index contributed by atoms with van der Waals surface area (Å²) in [5.41, 5.74) is 1.18. The summed E-state index contributed by atoms with van der Waals surface area (Å²) in [7, 11) is 0. The molecule has 1 saturated heterocycles. The van der Waals surface area contributed by atoms with Crippen LogP contribution in [0.1, 0.15) is 44.1 Å². The van der Waals surface area contributed by atoms with E-state index < -0.39 is 0 Å². The SMILES string of the molecule is O=C(NCCCCN1CCCC1)[C@H]1[C@H](C(=O)NCc2ccc(Cl)cc2)[C@@H]2C=C[C@H]1C21CC1. The average Bonchev–Trinajstić information content (AvgIpc) is 3.16. The van der Waals surface area contributed by atoms with E-state index in [1.54, 1.807) is 0 Å². The zero-order valence-electron chi connectivity index (χ0n) is 18.7. The van der Waals surface area contributed by atoms with Crippen molar-refractivity contribution in [3.63, 3.8) is 0 Å². The van der Waals surface area contributed by atoms with Gasteiger partial charge >= 0.3 is 0 Å². The van der Waals surface area contributed by atoms with Crippen LogP contribution < -0.4 is 10.6 Å². The van der Waals surface area contributed by atoms with Crippen LogP contribution in [0.25, 0.3) is 0 Å². The van der Waals surface area contributed by atoms with Crippen molar-refractivity contribution in [3.8, 4) is 0 Å². The van der Waals surface area contributed by atoms with E-state index in [-0.39, 0.29) is 40.9 Å². The molecule has 3 fully saturated rings. The fourth-order valence-corrected chi connectivity index (χ4v) is 6.54. The predicted molar refractivity (Wildman–Crippen MR) is 126 cm³/mol. The van der Waals surface area contributed by atoms with Crippen LogP contribution in [0.3, 0.4) is 0 Å². The second-order valence-corrected chi connectivity index (χ2v) is 10.5. The van der Waals surface area contributed by atoms with Crippen LogP contribution >= 0.6 is 11.6 Å². The van der Waals surface area contributed by atoms with Crippen LogP contribution in [-0.4, -0.2) is 42.9 Å². The Morgan fingerprint density at radius 2 is 1.56 bits per heavy atom. The molecule has 0 radical (unpaired) electrons. The van der Waals surface area contributed by atoms with Crippen LogP contribution in [0.5, 0.6) is 0 Å². The van der Waals surface area contributed by atoms with E-state index in [0.29, 0.717) is 18.1 Å². The van der Waals surface area contributed by atoms with Crippen molar-refractivity contribution in [2.75, 3.05) is 26.2 Å². The number of nitrogens with one attached hydrogen (secondary N) is 2. The molecule has 172 valence electrons. The van der Waals surface area contributed by atoms with Crippen LogP contribution in [0.4, 0.5) is 0 Å². The molecule has 1 aromatic carbocycles. The summed E-state index contributed by atoms with van der Waals surface area (Å²) in [5.74, 6) is -0.00841. The summed E-state index contributed by atoms with van der Waals surface area (Å²) in [6, 6.07) is 7.53. The molecule has 1 aliphatic heterocycles. The number of carbonyl (C=O) groups is 2. The van der Waals surface area contributed by atoms with Crippen LogP contribution in [-0.2, 0) is 16.1 Å². The van der Waals surface area contributed by atoms with Crippen molar-refractivity contribution in [1.29, 1.82) is 0 Å². The molecular weight excluding hydrogens is 422 g/mol. The van der Waals surface area contributed by atoms with Gasteiger partial charge in [0.2, 0.25) is 11.8 Å². The number of allylic oxidation sites excluding steroid dienone is 2. The molecule has 5 rings (SSSR count). The molecule has 3 aliphatic carbocycles. The van der Waals surface area contributed by atoms with Gasteiger partial charge < -0.3 is 15.5 Å². The van der Waals surface area contributed by atoms with E-state index in [0.717, 1.165) is 37.8 Å². The van der Waals surface area contributed by atoms with Crippen molar-refractivity contribution >= 4 is 23.4 Å². The number of unbranched alkanes of at least 4 members (excludes halogenated alkanes) is 1. The van der Waals surface area contributed by atoms with Gasteiger partial charge in [0.1, 0.15) is 0 Å². The Morgan fingerprint density at radius 1 is 0.938 bits per heavy atom. The van der Waals surface area contributed by atoms with E-state index >= 15 is 0 Å². The maximum Gasteiger partial charge on any atom is 0.224 e. The monoisotopic (exact) mass is 455 g/mol. The number of rotatable bonds is 9. The fourth-order valence-electron chi connectivity index (χ4n) is 6.41. The van der Waals surface area contributed by atoms with Crippen molar-refractivity contribution in [2.45, 2.75) is 45.1 Å². The number of amides is 2. The lowest BCUT2D eigenvalue weighted by Gasteiger charge is -2.26. The molecule has 32 heavy (non-hydrogen) atoms. The normalized spacial score (nSPS) is 29.5. The quantitative estimate of drug-likeness (QED) is 0.440. The Morgan fingerprint density at radius 3 is 2.19 bits per heavy atom. The summed E-state index contributed by atoms with van der Waals surface area (Å²) >= 11 is 5.97. The molecule has 0 unspecified atom stereocenters. The molecule has 6 heteroatoms. The largest absolute Gasteiger partial charge is 0.356 e. The summed E-state index contributed by atoms with van der Waals surface area (Å²) in [6.07, 6.45) is 11.5. The van der Waals surface area contributed by atoms with Crippen molar-refractivity contribution in [1.82, 2.24) is 15.5 Å². The summed E-state index contributed by atoms with van der Waals surface area (Å²) in [6.45, 7) is 4.74. The maximum absolute atomic E-state index is 13.3. The first-order chi connectivity index (χ1) is 15.6. The molecule has 1 aromatic rings. The van der Waals surface area contributed by atoms with E-state index in [1.807, 2.05) is 24.3 Å². The Bertz CT molecular complexity index is 874. The van der Waals surface area contributed by atoms with Crippen molar-refractivity contribution < 1.29 is 9.59 Å². The molecule has 5 nitrogen and oxygen atoms in total. The third-order valence-electron chi connectivity index (χ3n) is 8.23. The second-order valence-electron chi connectivity index (χ2n) is 10.1. The Balaban J connectivity index is 1.17.